The van der Waals surface area contributed by atoms with Gasteiger partial charge < -0.3 is 8.85 Å². The minimum atomic E-state index is -2.21. The average molecular weight is 317 g/mol. The van der Waals surface area contributed by atoms with E-state index in [9.17, 15) is 0 Å². The van der Waals surface area contributed by atoms with E-state index in [4.69, 9.17) is 8.85 Å². The van der Waals surface area contributed by atoms with Crippen LogP contribution in [0.4, 0.5) is 0 Å². The monoisotopic (exact) mass is 316 g/mol. The summed E-state index contributed by atoms with van der Waals surface area (Å²) >= 11 is 0. The Balaban J connectivity index is 5.47. The third kappa shape index (κ3) is 5.37. The van der Waals surface area contributed by atoms with Gasteiger partial charge in [0.25, 0.3) is 0 Å². The third-order valence-corrected chi connectivity index (χ3v) is 9.87. The van der Waals surface area contributed by atoms with Crippen molar-refractivity contribution in [3.8, 4) is 0 Å². The van der Waals surface area contributed by atoms with Gasteiger partial charge >= 0.3 is 8.56 Å². The fraction of sp³-hybridized carbons (Fsp3) is 1.00. The molecular formula is C18H40O2Si. The SMILES string of the molecule is CCCCC[Si](OCC)(OCC)C(C)(C)C(CC)C(C)C. The molecule has 0 aliphatic carbocycles. The van der Waals surface area contributed by atoms with Crippen LogP contribution in [0.5, 0.6) is 0 Å². The highest BCUT2D eigenvalue weighted by Gasteiger charge is 2.55. The van der Waals surface area contributed by atoms with Crippen molar-refractivity contribution in [3.63, 3.8) is 0 Å². The van der Waals surface area contributed by atoms with Gasteiger partial charge in [0.15, 0.2) is 0 Å². The quantitative estimate of drug-likeness (QED) is 0.317. The molecule has 0 saturated heterocycles. The second-order valence-corrected chi connectivity index (χ2v) is 10.9. The van der Waals surface area contributed by atoms with Crippen molar-refractivity contribution >= 4 is 8.56 Å². The number of rotatable bonds is 12. The lowest BCUT2D eigenvalue weighted by atomic mass is 9.83. The van der Waals surface area contributed by atoms with Crippen LogP contribution in [-0.2, 0) is 8.85 Å². The zero-order valence-corrected chi connectivity index (χ0v) is 16.9. The first-order valence-electron chi connectivity index (χ1n) is 9.10. The summed E-state index contributed by atoms with van der Waals surface area (Å²) in [5, 5.41) is 0.148. The molecule has 0 heterocycles. The van der Waals surface area contributed by atoms with E-state index in [-0.39, 0.29) is 5.04 Å². The van der Waals surface area contributed by atoms with Crippen LogP contribution in [0, 0.1) is 11.8 Å². The van der Waals surface area contributed by atoms with Crippen LogP contribution in [-0.4, -0.2) is 21.8 Å². The smallest absolute Gasteiger partial charge is 0.344 e. The molecule has 1 atom stereocenters. The molecule has 0 radical (unpaired) electrons. The van der Waals surface area contributed by atoms with E-state index in [2.05, 4.69) is 55.4 Å². The van der Waals surface area contributed by atoms with Crippen LogP contribution in [0.1, 0.15) is 81.1 Å². The Labute approximate surface area is 135 Å². The van der Waals surface area contributed by atoms with Crippen LogP contribution < -0.4 is 0 Å². The third-order valence-electron chi connectivity index (χ3n) is 5.02. The molecule has 1 unspecified atom stereocenters. The van der Waals surface area contributed by atoms with Crippen LogP contribution >= 0.6 is 0 Å². The molecule has 0 saturated carbocycles. The molecule has 0 spiro atoms. The molecule has 0 bridgehead atoms. The Kier molecular flexibility index (Phi) is 10.1. The molecular weight excluding hydrogens is 276 g/mol. The van der Waals surface area contributed by atoms with E-state index in [0.29, 0.717) is 11.8 Å². The van der Waals surface area contributed by atoms with Gasteiger partial charge in [-0.05, 0) is 31.7 Å². The molecule has 21 heavy (non-hydrogen) atoms. The van der Waals surface area contributed by atoms with Crippen molar-refractivity contribution in [3.05, 3.63) is 0 Å². The van der Waals surface area contributed by atoms with E-state index in [1.807, 2.05) is 0 Å². The summed E-state index contributed by atoms with van der Waals surface area (Å²) in [7, 11) is -2.21. The van der Waals surface area contributed by atoms with Crippen molar-refractivity contribution in [2.45, 2.75) is 92.2 Å². The lowest BCUT2D eigenvalue weighted by molar-refractivity contribution is 0.125. The first-order chi connectivity index (χ1) is 9.82. The van der Waals surface area contributed by atoms with Crippen LogP contribution in [0.3, 0.4) is 0 Å². The van der Waals surface area contributed by atoms with Crippen molar-refractivity contribution in [2.24, 2.45) is 11.8 Å². The Morgan fingerprint density at radius 3 is 1.76 bits per heavy atom. The summed E-state index contributed by atoms with van der Waals surface area (Å²) in [5.74, 6) is 1.33. The lowest BCUT2D eigenvalue weighted by Gasteiger charge is -2.48. The standard InChI is InChI=1S/C18H40O2Si/c1-9-13-14-15-21(19-11-3,20-12-4)18(7,8)17(10-2)16(5)6/h16-17H,9-15H2,1-8H3. The first kappa shape index (κ1) is 21.1. The fourth-order valence-electron chi connectivity index (χ4n) is 4.05. The molecule has 3 heteroatoms. The minimum Gasteiger partial charge on any atom is -0.394 e. The van der Waals surface area contributed by atoms with E-state index in [1.165, 1.54) is 25.7 Å². The normalized spacial score (nSPS) is 14.7. The van der Waals surface area contributed by atoms with Gasteiger partial charge in [-0.1, -0.05) is 67.2 Å². The Morgan fingerprint density at radius 2 is 1.43 bits per heavy atom. The van der Waals surface area contributed by atoms with Gasteiger partial charge in [0.2, 0.25) is 0 Å². The van der Waals surface area contributed by atoms with E-state index in [0.717, 1.165) is 19.3 Å². The highest BCUT2D eigenvalue weighted by molar-refractivity contribution is 6.70. The molecule has 2 nitrogen and oxygen atoms in total. The predicted molar refractivity (Wildman–Crippen MR) is 96.0 cm³/mol. The Morgan fingerprint density at radius 1 is 0.905 bits per heavy atom. The van der Waals surface area contributed by atoms with Crippen LogP contribution in [0.25, 0.3) is 0 Å². The molecule has 0 N–H and O–H groups in total. The second kappa shape index (κ2) is 10.0. The molecule has 0 fully saturated rings. The van der Waals surface area contributed by atoms with Gasteiger partial charge in [-0.15, -0.1) is 0 Å². The zero-order valence-electron chi connectivity index (χ0n) is 15.9. The molecule has 128 valence electrons. The van der Waals surface area contributed by atoms with E-state index in [1.54, 1.807) is 0 Å². The van der Waals surface area contributed by atoms with Gasteiger partial charge in [0, 0.05) is 18.3 Å². The maximum absolute atomic E-state index is 6.43. The summed E-state index contributed by atoms with van der Waals surface area (Å²) in [5.41, 5.74) is 0. The predicted octanol–water partition coefficient (Wildman–Crippen LogP) is 6.15. The Hall–Kier alpha value is 0.137. The van der Waals surface area contributed by atoms with Gasteiger partial charge in [-0.3, -0.25) is 0 Å². The van der Waals surface area contributed by atoms with Crippen molar-refractivity contribution in [1.82, 2.24) is 0 Å². The van der Waals surface area contributed by atoms with Crippen molar-refractivity contribution in [1.29, 1.82) is 0 Å². The van der Waals surface area contributed by atoms with Gasteiger partial charge in [-0.25, -0.2) is 0 Å². The maximum atomic E-state index is 6.43. The largest absolute Gasteiger partial charge is 0.394 e. The minimum absolute atomic E-state index is 0.148. The lowest BCUT2D eigenvalue weighted by Crippen LogP contribution is -2.55. The molecule has 0 aliphatic heterocycles. The molecule has 0 aromatic rings. The molecule has 0 aromatic carbocycles. The van der Waals surface area contributed by atoms with E-state index < -0.39 is 8.56 Å². The molecule has 0 rings (SSSR count). The highest BCUT2D eigenvalue weighted by atomic mass is 28.4. The van der Waals surface area contributed by atoms with Gasteiger partial charge in [0.05, 0.1) is 0 Å². The number of hydrogen-bond donors (Lipinski definition) is 0. The van der Waals surface area contributed by atoms with E-state index >= 15 is 0 Å². The molecule has 0 aromatic heterocycles. The van der Waals surface area contributed by atoms with Gasteiger partial charge in [-0.2, -0.15) is 0 Å². The number of unbranched alkanes of at least 4 members (excludes halogenated alkanes) is 2. The van der Waals surface area contributed by atoms with Crippen molar-refractivity contribution in [2.75, 3.05) is 13.2 Å². The topological polar surface area (TPSA) is 18.5 Å². The highest BCUT2D eigenvalue weighted by Crippen LogP contribution is 2.52. The summed E-state index contributed by atoms with van der Waals surface area (Å²) < 4.78 is 12.9. The summed E-state index contributed by atoms with van der Waals surface area (Å²) in [4.78, 5) is 0. The fourth-order valence-corrected chi connectivity index (χ4v) is 8.56. The summed E-state index contributed by atoms with van der Waals surface area (Å²) in [6, 6.07) is 1.14. The zero-order chi connectivity index (χ0) is 16.5. The Bertz CT molecular complexity index is 258. The van der Waals surface area contributed by atoms with Gasteiger partial charge in [0.1, 0.15) is 0 Å². The second-order valence-electron chi connectivity index (χ2n) is 7.06. The average Bonchev–Trinajstić information content (AvgIpc) is 2.39. The molecule has 0 aliphatic rings. The number of hydrogen-bond acceptors (Lipinski definition) is 2. The maximum Gasteiger partial charge on any atom is 0.344 e. The summed E-state index contributed by atoms with van der Waals surface area (Å²) in [6.07, 6.45) is 4.97. The van der Waals surface area contributed by atoms with Crippen molar-refractivity contribution < 1.29 is 8.85 Å². The first-order valence-corrected chi connectivity index (χ1v) is 11.1. The van der Waals surface area contributed by atoms with Crippen LogP contribution in [0.2, 0.25) is 11.1 Å². The van der Waals surface area contributed by atoms with Crippen LogP contribution in [0.15, 0.2) is 0 Å². The molecule has 0 amide bonds. The summed E-state index contributed by atoms with van der Waals surface area (Å²) in [6.45, 7) is 19.9.